The van der Waals surface area contributed by atoms with Gasteiger partial charge in [-0.1, -0.05) is 28.9 Å². The molecule has 1 aliphatic rings. The summed E-state index contributed by atoms with van der Waals surface area (Å²) in [5, 5.41) is 0. The normalized spacial score (nSPS) is 22.5. The Morgan fingerprint density at radius 3 is 2.75 bits per heavy atom. The molecule has 2 N–H and O–H groups in total. The molecule has 3 heteroatoms. The lowest BCUT2D eigenvalue weighted by Gasteiger charge is -2.20. The van der Waals surface area contributed by atoms with Gasteiger partial charge in [-0.05, 0) is 37.0 Å². The summed E-state index contributed by atoms with van der Waals surface area (Å²) in [6.45, 7) is 6.66. The highest BCUT2D eigenvalue weighted by atomic mass is 79.9. The number of hydrogen-bond donors (Lipinski definition) is 1. The fourth-order valence-corrected chi connectivity index (χ4v) is 2.98. The third-order valence-electron chi connectivity index (χ3n) is 3.26. The van der Waals surface area contributed by atoms with Crippen molar-refractivity contribution in [2.24, 2.45) is 11.7 Å². The van der Waals surface area contributed by atoms with Crippen LogP contribution in [-0.2, 0) is 0 Å². The van der Waals surface area contributed by atoms with Crippen LogP contribution in [0.3, 0.4) is 0 Å². The number of rotatable bonds is 2. The van der Waals surface area contributed by atoms with Crippen LogP contribution in [0.4, 0.5) is 5.69 Å². The highest BCUT2D eigenvalue weighted by Crippen LogP contribution is 2.30. The van der Waals surface area contributed by atoms with Gasteiger partial charge in [-0.25, -0.2) is 0 Å². The third kappa shape index (κ3) is 2.41. The molecular formula is C13H19BrN2. The van der Waals surface area contributed by atoms with Crippen LogP contribution in [0.25, 0.3) is 0 Å². The molecule has 2 atom stereocenters. The standard InChI is InChI=1S/C13H19BrN2/c1-9-5-6-16(8-9)11-3-4-12(10(2)15)13(14)7-11/h3-4,7,9-10H,5-6,8,15H2,1-2H3/t9?,10-/m0/s1. The molecular weight excluding hydrogens is 264 g/mol. The molecule has 1 saturated heterocycles. The van der Waals surface area contributed by atoms with Crippen molar-refractivity contribution in [1.82, 2.24) is 0 Å². The van der Waals surface area contributed by atoms with Crippen molar-refractivity contribution in [3.05, 3.63) is 28.2 Å². The summed E-state index contributed by atoms with van der Waals surface area (Å²) < 4.78 is 1.12. The van der Waals surface area contributed by atoms with Crippen molar-refractivity contribution < 1.29 is 0 Å². The molecule has 1 aromatic carbocycles. The molecule has 0 aromatic heterocycles. The Hall–Kier alpha value is -0.540. The Balaban J connectivity index is 2.21. The van der Waals surface area contributed by atoms with Gasteiger partial charge in [0.25, 0.3) is 0 Å². The first-order chi connectivity index (χ1) is 7.58. The second-order valence-electron chi connectivity index (χ2n) is 4.83. The lowest BCUT2D eigenvalue weighted by atomic mass is 10.1. The summed E-state index contributed by atoms with van der Waals surface area (Å²) >= 11 is 3.60. The number of halogens is 1. The van der Waals surface area contributed by atoms with Crippen LogP contribution in [0, 0.1) is 5.92 Å². The predicted molar refractivity (Wildman–Crippen MR) is 72.7 cm³/mol. The molecule has 0 amide bonds. The Kier molecular flexibility index (Phi) is 3.55. The minimum atomic E-state index is 0.0842. The molecule has 1 unspecified atom stereocenters. The topological polar surface area (TPSA) is 29.3 Å². The summed E-state index contributed by atoms with van der Waals surface area (Å²) in [5.74, 6) is 0.812. The molecule has 0 saturated carbocycles. The zero-order valence-electron chi connectivity index (χ0n) is 9.91. The van der Waals surface area contributed by atoms with Gasteiger partial charge >= 0.3 is 0 Å². The molecule has 0 bridgehead atoms. The van der Waals surface area contributed by atoms with Crippen molar-refractivity contribution in [1.29, 1.82) is 0 Å². The highest BCUT2D eigenvalue weighted by Gasteiger charge is 2.19. The number of hydrogen-bond acceptors (Lipinski definition) is 2. The first kappa shape index (κ1) is 11.9. The molecule has 0 aliphatic carbocycles. The summed E-state index contributed by atoms with van der Waals surface area (Å²) in [4.78, 5) is 2.44. The first-order valence-corrected chi connectivity index (χ1v) is 6.67. The minimum Gasteiger partial charge on any atom is -0.371 e. The Morgan fingerprint density at radius 1 is 1.50 bits per heavy atom. The van der Waals surface area contributed by atoms with E-state index < -0.39 is 0 Å². The monoisotopic (exact) mass is 282 g/mol. The fraction of sp³-hybridized carbons (Fsp3) is 0.538. The van der Waals surface area contributed by atoms with Crippen LogP contribution < -0.4 is 10.6 Å². The Morgan fingerprint density at radius 2 is 2.25 bits per heavy atom. The van der Waals surface area contributed by atoms with Gasteiger partial charge in [-0.2, -0.15) is 0 Å². The van der Waals surface area contributed by atoms with Gasteiger partial charge in [0, 0.05) is 29.3 Å². The lowest BCUT2D eigenvalue weighted by molar-refractivity contribution is 0.659. The van der Waals surface area contributed by atoms with E-state index in [1.54, 1.807) is 0 Å². The van der Waals surface area contributed by atoms with Crippen molar-refractivity contribution in [3.8, 4) is 0 Å². The molecule has 1 fully saturated rings. The van der Waals surface area contributed by atoms with Crippen molar-refractivity contribution in [2.75, 3.05) is 18.0 Å². The maximum absolute atomic E-state index is 5.90. The molecule has 1 heterocycles. The van der Waals surface area contributed by atoms with Crippen molar-refractivity contribution in [2.45, 2.75) is 26.3 Å². The van der Waals surface area contributed by atoms with E-state index in [9.17, 15) is 0 Å². The van der Waals surface area contributed by atoms with Gasteiger partial charge in [0.05, 0.1) is 0 Å². The van der Waals surface area contributed by atoms with E-state index in [0.717, 1.165) is 10.4 Å². The second-order valence-corrected chi connectivity index (χ2v) is 5.69. The summed E-state index contributed by atoms with van der Waals surface area (Å²) in [7, 11) is 0. The van der Waals surface area contributed by atoms with Gasteiger partial charge < -0.3 is 10.6 Å². The molecule has 88 valence electrons. The van der Waals surface area contributed by atoms with E-state index in [-0.39, 0.29) is 6.04 Å². The zero-order valence-corrected chi connectivity index (χ0v) is 11.5. The van der Waals surface area contributed by atoms with E-state index in [1.165, 1.54) is 30.8 Å². The molecule has 16 heavy (non-hydrogen) atoms. The van der Waals surface area contributed by atoms with Crippen LogP contribution in [0.2, 0.25) is 0 Å². The fourth-order valence-electron chi connectivity index (χ4n) is 2.25. The second kappa shape index (κ2) is 4.76. The van der Waals surface area contributed by atoms with Gasteiger partial charge in [0.1, 0.15) is 0 Å². The van der Waals surface area contributed by atoms with Crippen LogP contribution in [0.15, 0.2) is 22.7 Å². The van der Waals surface area contributed by atoms with E-state index in [2.05, 4.69) is 46.0 Å². The SMILES string of the molecule is CC1CCN(c2ccc([C@H](C)N)c(Br)c2)C1. The van der Waals surface area contributed by atoms with Gasteiger partial charge in [0.15, 0.2) is 0 Å². The average Bonchev–Trinajstić information content (AvgIpc) is 2.64. The largest absolute Gasteiger partial charge is 0.371 e. The lowest BCUT2D eigenvalue weighted by Crippen LogP contribution is -2.19. The number of nitrogens with zero attached hydrogens (tertiary/aromatic N) is 1. The Labute approximate surface area is 106 Å². The van der Waals surface area contributed by atoms with E-state index in [4.69, 9.17) is 5.73 Å². The predicted octanol–water partition coefficient (Wildman–Crippen LogP) is 3.32. The zero-order chi connectivity index (χ0) is 11.7. The first-order valence-electron chi connectivity index (χ1n) is 5.88. The van der Waals surface area contributed by atoms with E-state index in [0.29, 0.717) is 0 Å². The summed E-state index contributed by atoms with van der Waals surface area (Å²) in [6.07, 6.45) is 1.30. The van der Waals surface area contributed by atoms with E-state index >= 15 is 0 Å². The van der Waals surface area contributed by atoms with Crippen molar-refractivity contribution in [3.63, 3.8) is 0 Å². The quantitative estimate of drug-likeness (QED) is 0.902. The van der Waals surface area contributed by atoms with E-state index in [1.807, 2.05) is 6.92 Å². The van der Waals surface area contributed by atoms with Crippen LogP contribution in [-0.4, -0.2) is 13.1 Å². The summed E-state index contributed by atoms with van der Waals surface area (Å²) in [6, 6.07) is 6.59. The number of benzene rings is 1. The van der Waals surface area contributed by atoms with Crippen molar-refractivity contribution >= 4 is 21.6 Å². The van der Waals surface area contributed by atoms with Gasteiger partial charge in [-0.15, -0.1) is 0 Å². The minimum absolute atomic E-state index is 0.0842. The van der Waals surface area contributed by atoms with Gasteiger partial charge in [-0.3, -0.25) is 0 Å². The van der Waals surface area contributed by atoms with Crippen LogP contribution >= 0.6 is 15.9 Å². The highest BCUT2D eigenvalue weighted by molar-refractivity contribution is 9.10. The maximum Gasteiger partial charge on any atom is 0.0377 e. The summed E-state index contributed by atoms with van der Waals surface area (Å²) in [5.41, 5.74) is 8.38. The average molecular weight is 283 g/mol. The molecule has 2 nitrogen and oxygen atoms in total. The molecule has 1 aromatic rings. The Bertz CT molecular complexity index is 376. The van der Waals surface area contributed by atoms with Crippen LogP contribution in [0.1, 0.15) is 31.9 Å². The molecule has 1 aliphatic heterocycles. The molecule has 0 radical (unpaired) electrons. The smallest absolute Gasteiger partial charge is 0.0377 e. The number of anilines is 1. The maximum atomic E-state index is 5.90. The van der Waals surface area contributed by atoms with Gasteiger partial charge in [0.2, 0.25) is 0 Å². The molecule has 2 rings (SSSR count). The van der Waals surface area contributed by atoms with Crippen LogP contribution in [0.5, 0.6) is 0 Å². The number of nitrogens with two attached hydrogens (primary N) is 1. The third-order valence-corrected chi connectivity index (χ3v) is 3.95. The molecule has 0 spiro atoms.